The van der Waals surface area contributed by atoms with Gasteiger partial charge < -0.3 is 15.7 Å². The van der Waals surface area contributed by atoms with Crippen LogP contribution in [0.1, 0.15) is 39.0 Å². The summed E-state index contributed by atoms with van der Waals surface area (Å²) in [5.74, 6) is 0.723. The Morgan fingerprint density at radius 2 is 2.05 bits per heavy atom. The second-order valence-electron chi connectivity index (χ2n) is 5.24. The molecule has 1 rings (SSSR count). The maximum absolute atomic E-state index is 11.4. The van der Waals surface area contributed by atoms with Crippen LogP contribution in [0.3, 0.4) is 0 Å². The molecule has 5 nitrogen and oxygen atoms in total. The van der Waals surface area contributed by atoms with Crippen molar-refractivity contribution in [2.24, 2.45) is 0 Å². The van der Waals surface area contributed by atoms with Crippen LogP contribution in [0.4, 0.5) is 0 Å². The summed E-state index contributed by atoms with van der Waals surface area (Å²) >= 11 is 1.62. The lowest BCUT2D eigenvalue weighted by molar-refractivity contribution is -0.144. The number of hydrogen-bond donors (Lipinski definition) is 3. The molecule has 0 aromatic carbocycles. The minimum atomic E-state index is -0.839. The molecule has 0 aliphatic heterocycles. The van der Waals surface area contributed by atoms with Crippen LogP contribution in [0.5, 0.6) is 0 Å². The molecule has 1 amide bonds. The van der Waals surface area contributed by atoms with E-state index < -0.39 is 11.5 Å². The van der Waals surface area contributed by atoms with Crippen molar-refractivity contribution >= 4 is 23.6 Å². The molecule has 1 atom stereocenters. The largest absolute Gasteiger partial charge is 0.480 e. The van der Waals surface area contributed by atoms with Crippen LogP contribution in [0.15, 0.2) is 0 Å². The smallest absolute Gasteiger partial charge is 0.323 e. The van der Waals surface area contributed by atoms with E-state index in [1.54, 1.807) is 25.7 Å². The van der Waals surface area contributed by atoms with Gasteiger partial charge in [0.25, 0.3) is 0 Å². The number of carboxylic acid groups (broad SMARTS) is 1. The van der Waals surface area contributed by atoms with Crippen molar-refractivity contribution in [3.05, 3.63) is 0 Å². The summed E-state index contributed by atoms with van der Waals surface area (Å²) in [6.07, 6.45) is 4.63. The highest BCUT2D eigenvalue weighted by molar-refractivity contribution is 7.99. The number of hydrogen-bond acceptors (Lipinski definition) is 4. The molecule has 0 aromatic heterocycles. The summed E-state index contributed by atoms with van der Waals surface area (Å²) in [7, 11) is 1.67. The van der Waals surface area contributed by atoms with Gasteiger partial charge in [-0.3, -0.25) is 9.59 Å². The van der Waals surface area contributed by atoms with Crippen LogP contribution in [-0.2, 0) is 9.59 Å². The molecule has 0 radical (unpaired) electrons. The van der Waals surface area contributed by atoms with Gasteiger partial charge in [0, 0.05) is 6.04 Å². The highest BCUT2D eigenvalue weighted by Crippen LogP contribution is 2.19. The second kappa shape index (κ2) is 7.75. The first-order valence-corrected chi connectivity index (χ1v) is 7.93. The highest BCUT2D eigenvalue weighted by atomic mass is 32.2. The Kier molecular flexibility index (Phi) is 6.65. The van der Waals surface area contributed by atoms with Gasteiger partial charge in [0.1, 0.15) is 5.54 Å². The van der Waals surface area contributed by atoms with E-state index in [1.807, 2.05) is 0 Å². The maximum Gasteiger partial charge on any atom is 0.323 e. The minimum Gasteiger partial charge on any atom is -0.480 e. The predicted molar refractivity (Wildman–Crippen MR) is 77.4 cm³/mol. The van der Waals surface area contributed by atoms with Gasteiger partial charge >= 0.3 is 5.97 Å². The lowest BCUT2D eigenvalue weighted by Crippen LogP contribution is -2.47. The zero-order chi connectivity index (χ0) is 14.3. The number of carbonyl (C=O) groups is 2. The van der Waals surface area contributed by atoms with E-state index in [-0.39, 0.29) is 5.91 Å². The fourth-order valence-electron chi connectivity index (χ4n) is 1.68. The average Bonchev–Trinajstić information content (AvgIpc) is 3.16. The number of likely N-dealkylation sites (N-methyl/N-ethyl adjacent to an activating group) is 1. The highest BCUT2D eigenvalue weighted by Gasteiger charge is 2.30. The first-order valence-electron chi connectivity index (χ1n) is 6.77. The minimum absolute atomic E-state index is 0.123. The Labute approximate surface area is 118 Å². The van der Waals surface area contributed by atoms with E-state index >= 15 is 0 Å². The molecular formula is C13H24N2O3S. The summed E-state index contributed by atoms with van der Waals surface area (Å²) < 4.78 is 0. The molecule has 6 heteroatoms. The van der Waals surface area contributed by atoms with E-state index in [4.69, 9.17) is 5.11 Å². The molecule has 1 saturated carbocycles. The van der Waals surface area contributed by atoms with Gasteiger partial charge in [-0.15, -0.1) is 0 Å². The molecule has 1 unspecified atom stereocenters. The Morgan fingerprint density at radius 1 is 1.37 bits per heavy atom. The van der Waals surface area contributed by atoms with Gasteiger partial charge in [0.2, 0.25) is 5.91 Å². The number of unbranched alkanes of at least 4 members (excludes halogenated alkanes) is 1. The van der Waals surface area contributed by atoms with E-state index in [2.05, 4.69) is 10.6 Å². The monoisotopic (exact) mass is 288 g/mol. The van der Waals surface area contributed by atoms with Crippen LogP contribution < -0.4 is 10.6 Å². The van der Waals surface area contributed by atoms with Crippen molar-refractivity contribution < 1.29 is 14.7 Å². The van der Waals surface area contributed by atoms with E-state index in [9.17, 15) is 9.59 Å². The second-order valence-corrected chi connectivity index (χ2v) is 6.34. The third kappa shape index (κ3) is 6.29. The number of amides is 1. The maximum atomic E-state index is 11.4. The molecule has 3 N–H and O–H groups in total. The number of rotatable bonds is 10. The lowest BCUT2D eigenvalue weighted by Gasteiger charge is -2.23. The fraction of sp³-hybridized carbons (Fsp3) is 0.846. The number of carboxylic acids is 1. The molecule has 0 aromatic rings. The van der Waals surface area contributed by atoms with E-state index in [0.29, 0.717) is 18.2 Å². The van der Waals surface area contributed by atoms with Crippen molar-refractivity contribution in [2.75, 3.05) is 18.6 Å². The van der Waals surface area contributed by atoms with Crippen LogP contribution in [0.2, 0.25) is 0 Å². The fourth-order valence-corrected chi connectivity index (χ4v) is 2.50. The molecule has 1 aliphatic rings. The average molecular weight is 288 g/mol. The standard InChI is InChI=1S/C13H24N2O3S/c1-13(14-2,12(17)18)7-3-4-8-19-9-11(16)15-10-5-6-10/h10,14H,3-9H2,1-2H3,(H,15,16)(H,17,18). The zero-order valence-electron chi connectivity index (χ0n) is 11.7. The number of nitrogens with one attached hydrogen (secondary N) is 2. The van der Waals surface area contributed by atoms with Crippen molar-refractivity contribution in [3.8, 4) is 0 Å². The topological polar surface area (TPSA) is 78.4 Å². The van der Waals surface area contributed by atoms with Crippen LogP contribution >= 0.6 is 11.8 Å². The molecular weight excluding hydrogens is 264 g/mol. The molecule has 19 heavy (non-hydrogen) atoms. The Morgan fingerprint density at radius 3 is 2.58 bits per heavy atom. The van der Waals surface area contributed by atoms with Crippen molar-refractivity contribution in [2.45, 2.75) is 50.6 Å². The van der Waals surface area contributed by atoms with Crippen molar-refractivity contribution in [1.29, 1.82) is 0 Å². The first kappa shape index (κ1) is 16.3. The van der Waals surface area contributed by atoms with Gasteiger partial charge in [-0.05, 0) is 45.4 Å². The molecule has 0 heterocycles. The van der Waals surface area contributed by atoms with Gasteiger partial charge in [-0.1, -0.05) is 6.42 Å². The van der Waals surface area contributed by atoms with Gasteiger partial charge in [-0.2, -0.15) is 11.8 Å². The normalized spacial score (nSPS) is 17.8. The van der Waals surface area contributed by atoms with Gasteiger partial charge in [0.15, 0.2) is 0 Å². The quantitative estimate of drug-likeness (QED) is 0.527. The molecule has 0 bridgehead atoms. The SMILES string of the molecule is CNC(C)(CCCCSCC(=O)NC1CC1)C(=O)O. The summed E-state index contributed by atoms with van der Waals surface area (Å²) in [4.78, 5) is 22.5. The van der Waals surface area contributed by atoms with Gasteiger partial charge in [0.05, 0.1) is 5.75 Å². The van der Waals surface area contributed by atoms with Crippen molar-refractivity contribution in [1.82, 2.24) is 10.6 Å². The number of aliphatic carboxylic acids is 1. The van der Waals surface area contributed by atoms with E-state index in [0.717, 1.165) is 31.4 Å². The van der Waals surface area contributed by atoms with Crippen LogP contribution in [0, 0.1) is 0 Å². The Bertz CT molecular complexity index is 321. The predicted octanol–water partition coefficient (Wildman–Crippen LogP) is 1.23. The third-order valence-corrected chi connectivity index (χ3v) is 4.46. The molecule has 0 spiro atoms. The summed E-state index contributed by atoms with van der Waals surface area (Å²) in [6.45, 7) is 1.70. The first-order chi connectivity index (χ1) is 8.98. The lowest BCUT2D eigenvalue weighted by atomic mass is 9.95. The number of thioether (sulfide) groups is 1. The van der Waals surface area contributed by atoms with Crippen LogP contribution in [-0.4, -0.2) is 47.1 Å². The van der Waals surface area contributed by atoms with E-state index in [1.165, 1.54) is 0 Å². The van der Waals surface area contributed by atoms with Crippen molar-refractivity contribution in [3.63, 3.8) is 0 Å². The summed E-state index contributed by atoms with van der Waals surface area (Å²) in [5.41, 5.74) is -0.839. The van der Waals surface area contributed by atoms with Crippen LogP contribution in [0.25, 0.3) is 0 Å². The third-order valence-electron chi connectivity index (χ3n) is 3.41. The Hall–Kier alpha value is -0.750. The molecule has 0 saturated heterocycles. The number of carbonyl (C=O) groups excluding carboxylic acids is 1. The zero-order valence-corrected chi connectivity index (χ0v) is 12.5. The molecule has 110 valence electrons. The summed E-state index contributed by atoms with van der Waals surface area (Å²) in [5, 5.41) is 14.9. The van der Waals surface area contributed by atoms with Gasteiger partial charge in [-0.25, -0.2) is 0 Å². The molecule has 1 aliphatic carbocycles. The Balaban J connectivity index is 2.00. The summed E-state index contributed by atoms with van der Waals surface area (Å²) in [6, 6.07) is 0.431. The molecule has 1 fully saturated rings.